The number of benzene rings is 2. The standard InChI is InChI=1S/C10H12N4O.C8H8O2.2C2H6/c11-9(15)10-13-12-7-14(10)6-8-4-2-1-3-5-8;1-10-8(9)7-5-3-2-4-6-7;2*1-2/h1-5,7,9,15H,6,11H2;2-6H,1H3;2*1-2H3. The number of carbonyl (C=O) groups excluding carboxylic acids is 1. The van der Waals surface area contributed by atoms with Gasteiger partial charge in [-0.2, -0.15) is 0 Å². The van der Waals surface area contributed by atoms with Crippen LogP contribution in [0.1, 0.15) is 55.7 Å². The van der Waals surface area contributed by atoms with E-state index in [9.17, 15) is 9.90 Å². The molecule has 158 valence electrons. The number of aliphatic hydroxyl groups excluding tert-OH is 1. The Morgan fingerprint density at radius 2 is 1.55 bits per heavy atom. The summed E-state index contributed by atoms with van der Waals surface area (Å²) in [6.45, 7) is 8.61. The second-order valence-electron chi connectivity index (χ2n) is 5.11. The first-order chi connectivity index (χ1) is 14.1. The molecule has 3 aromatic rings. The second-order valence-corrected chi connectivity index (χ2v) is 5.11. The fraction of sp³-hybridized carbons (Fsp3) is 0.318. The maximum absolute atomic E-state index is 10.8. The van der Waals surface area contributed by atoms with Gasteiger partial charge in [0.2, 0.25) is 0 Å². The van der Waals surface area contributed by atoms with Crippen LogP contribution in [0.5, 0.6) is 0 Å². The first kappa shape index (κ1) is 26.0. The molecule has 2 aromatic carbocycles. The monoisotopic (exact) mass is 400 g/mol. The molecule has 0 fully saturated rings. The fourth-order valence-corrected chi connectivity index (χ4v) is 2.09. The van der Waals surface area contributed by atoms with Crippen molar-refractivity contribution in [2.45, 2.75) is 40.5 Å². The molecule has 0 saturated carbocycles. The summed E-state index contributed by atoms with van der Waals surface area (Å²) in [4.78, 5) is 10.8. The molecule has 7 nitrogen and oxygen atoms in total. The van der Waals surface area contributed by atoms with Crippen LogP contribution in [0.15, 0.2) is 67.0 Å². The Balaban J connectivity index is 0.000000488. The lowest BCUT2D eigenvalue weighted by Crippen LogP contribution is -2.16. The quantitative estimate of drug-likeness (QED) is 0.510. The van der Waals surface area contributed by atoms with Gasteiger partial charge in [-0.1, -0.05) is 76.2 Å². The third-order valence-electron chi connectivity index (χ3n) is 3.30. The number of aromatic nitrogens is 3. The Hall–Kier alpha value is -3.03. The molecule has 1 unspecified atom stereocenters. The first-order valence-electron chi connectivity index (χ1n) is 9.60. The average molecular weight is 401 g/mol. The normalized spacial score (nSPS) is 10.0. The van der Waals surface area contributed by atoms with Gasteiger partial charge >= 0.3 is 5.97 Å². The molecule has 0 saturated heterocycles. The topological polar surface area (TPSA) is 103 Å². The number of ether oxygens (including phenoxy) is 1. The van der Waals surface area contributed by atoms with E-state index in [1.807, 2.05) is 64.1 Å². The largest absolute Gasteiger partial charge is 0.465 e. The summed E-state index contributed by atoms with van der Waals surface area (Å²) in [5.74, 6) is 0.0828. The lowest BCUT2D eigenvalue weighted by atomic mass is 10.2. The van der Waals surface area contributed by atoms with Gasteiger partial charge in [-0.3, -0.25) is 5.73 Å². The Bertz CT molecular complexity index is 775. The zero-order valence-corrected chi connectivity index (χ0v) is 17.8. The van der Waals surface area contributed by atoms with Crippen molar-refractivity contribution >= 4 is 5.97 Å². The summed E-state index contributed by atoms with van der Waals surface area (Å²) in [6.07, 6.45) is 0.467. The van der Waals surface area contributed by atoms with Crippen LogP contribution in [-0.2, 0) is 11.3 Å². The lowest BCUT2D eigenvalue weighted by molar-refractivity contribution is 0.0600. The Morgan fingerprint density at radius 3 is 2.03 bits per heavy atom. The Labute approximate surface area is 173 Å². The summed E-state index contributed by atoms with van der Waals surface area (Å²) in [5, 5.41) is 16.7. The van der Waals surface area contributed by atoms with Crippen LogP contribution in [-0.4, -0.2) is 33.0 Å². The van der Waals surface area contributed by atoms with Crippen molar-refractivity contribution in [1.82, 2.24) is 14.8 Å². The van der Waals surface area contributed by atoms with E-state index >= 15 is 0 Å². The smallest absolute Gasteiger partial charge is 0.337 e. The molecule has 3 rings (SSSR count). The maximum Gasteiger partial charge on any atom is 0.337 e. The molecule has 7 heteroatoms. The van der Waals surface area contributed by atoms with Gasteiger partial charge in [0.15, 0.2) is 12.1 Å². The van der Waals surface area contributed by atoms with Gasteiger partial charge in [-0.15, -0.1) is 10.2 Å². The van der Waals surface area contributed by atoms with E-state index in [1.165, 1.54) is 7.11 Å². The van der Waals surface area contributed by atoms with E-state index in [-0.39, 0.29) is 5.97 Å². The second kappa shape index (κ2) is 16.0. The maximum atomic E-state index is 10.8. The minimum atomic E-state index is -1.09. The number of nitrogens with two attached hydrogens (primary N) is 1. The van der Waals surface area contributed by atoms with Gasteiger partial charge in [-0.25, -0.2) is 4.79 Å². The van der Waals surface area contributed by atoms with Crippen LogP contribution in [0.3, 0.4) is 0 Å². The van der Waals surface area contributed by atoms with Gasteiger partial charge in [0.25, 0.3) is 0 Å². The van der Waals surface area contributed by atoms with Gasteiger partial charge in [0.1, 0.15) is 6.33 Å². The zero-order valence-electron chi connectivity index (χ0n) is 17.8. The van der Waals surface area contributed by atoms with Crippen LogP contribution in [0, 0.1) is 0 Å². The number of hydrogen-bond acceptors (Lipinski definition) is 6. The molecule has 0 amide bonds. The average Bonchev–Trinajstić information content (AvgIpc) is 3.26. The van der Waals surface area contributed by atoms with Crippen molar-refractivity contribution in [2.75, 3.05) is 7.11 Å². The van der Waals surface area contributed by atoms with Gasteiger partial charge in [0.05, 0.1) is 19.2 Å². The van der Waals surface area contributed by atoms with E-state index in [2.05, 4.69) is 14.9 Å². The summed E-state index contributed by atoms with van der Waals surface area (Å²) in [6, 6.07) is 18.7. The third-order valence-corrected chi connectivity index (χ3v) is 3.30. The number of nitrogens with zero attached hydrogens (tertiary/aromatic N) is 3. The molecule has 0 spiro atoms. The van der Waals surface area contributed by atoms with Crippen molar-refractivity contribution in [3.63, 3.8) is 0 Å². The highest BCUT2D eigenvalue weighted by Gasteiger charge is 2.10. The molecule has 1 heterocycles. The highest BCUT2D eigenvalue weighted by molar-refractivity contribution is 5.89. The summed E-state index contributed by atoms with van der Waals surface area (Å²) in [5.41, 5.74) is 7.04. The van der Waals surface area contributed by atoms with Crippen LogP contribution in [0.2, 0.25) is 0 Å². The summed E-state index contributed by atoms with van der Waals surface area (Å²) < 4.78 is 6.22. The first-order valence-corrected chi connectivity index (χ1v) is 9.60. The van der Waals surface area contributed by atoms with Crippen LogP contribution < -0.4 is 5.73 Å². The highest BCUT2D eigenvalue weighted by Crippen LogP contribution is 2.07. The van der Waals surface area contributed by atoms with E-state index in [1.54, 1.807) is 35.2 Å². The highest BCUT2D eigenvalue weighted by atomic mass is 16.5. The molecular formula is C22H32N4O3. The lowest BCUT2D eigenvalue weighted by Gasteiger charge is -2.07. The third kappa shape index (κ3) is 9.64. The minimum Gasteiger partial charge on any atom is -0.465 e. The molecule has 0 aliphatic carbocycles. The minimum absolute atomic E-state index is 0.291. The number of rotatable bonds is 4. The fourth-order valence-electron chi connectivity index (χ4n) is 2.09. The molecule has 0 radical (unpaired) electrons. The molecule has 0 bridgehead atoms. The SMILES string of the molecule is CC.CC.COC(=O)c1ccccc1.NC(O)c1nncn1Cc1ccccc1. The summed E-state index contributed by atoms with van der Waals surface area (Å²) in [7, 11) is 1.37. The molecular weight excluding hydrogens is 368 g/mol. The molecule has 1 atom stereocenters. The molecule has 1 aromatic heterocycles. The van der Waals surface area contributed by atoms with E-state index < -0.39 is 6.23 Å². The van der Waals surface area contributed by atoms with E-state index in [4.69, 9.17) is 5.73 Å². The Kier molecular flexibility index (Phi) is 14.3. The van der Waals surface area contributed by atoms with Crippen LogP contribution in [0.25, 0.3) is 0 Å². The van der Waals surface area contributed by atoms with Crippen molar-refractivity contribution in [3.8, 4) is 0 Å². The molecule has 3 N–H and O–H groups in total. The van der Waals surface area contributed by atoms with Gasteiger partial charge in [-0.05, 0) is 17.7 Å². The van der Waals surface area contributed by atoms with Crippen LogP contribution >= 0.6 is 0 Å². The predicted octanol–water partition coefficient (Wildman–Crippen LogP) is 3.80. The number of aliphatic hydroxyl groups is 1. The van der Waals surface area contributed by atoms with Gasteiger partial charge < -0.3 is 14.4 Å². The van der Waals surface area contributed by atoms with Crippen LogP contribution in [0.4, 0.5) is 0 Å². The zero-order chi connectivity index (χ0) is 22.1. The number of esters is 1. The van der Waals surface area contributed by atoms with E-state index in [0.29, 0.717) is 17.9 Å². The summed E-state index contributed by atoms with van der Waals surface area (Å²) >= 11 is 0. The predicted molar refractivity (Wildman–Crippen MR) is 115 cm³/mol. The molecule has 29 heavy (non-hydrogen) atoms. The molecule has 0 aliphatic heterocycles. The van der Waals surface area contributed by atoms with E-state index in [0.717, 1.165) is 5.56 Å². The number of hydrogen-bond donors (Lipinski definition) is 2. The van der Waals surface area contributed by atoms with Crippen molar-refractivity contribution in [1.29, 1.82) is 0 Å². The van der Waals surface area contributed by atoms with Crippen molar-refractivity contribution in [3.05, 3.63) is 83.9 Å². The van der Waals surface area contributed by atoms with Crippen molar-refractivity contribution in [2.24, 2.45) is 5.73 Å². The number of methoxy groups -OCH3 is 1. The van der Waals surface area contributed by atoms with Gasteiger partial charge in [0, 0.05) is 0 Å². The Morgan fingerprint density at radius 1 is 1.03 bits per heavy atom. The van der Waals surface area contributed by atoms with Crippen molar-refractivity contribution < 1.29 is 14.6 Å². The number of carbonyl (C=O) groups is 1. The molecule has 0 aliphatic rings.